The molecule has 0 N–H and O–H groups in total. The molecule has 3 aromatic rings. The Balaban J connectivity index is 2.06. The van der Waals surface area contributed by atoms with Crippen molar-refractivity contribution >= 4 is 10.9 Å². The zero-order valence-corrected chi connectivity index (χ0v) is 10.7. The van der Waals surface area contributed by atoms with E-state index < -0.39 is 0 Å². The predicted molar refractivity (Wildman–Crippen MR) is 74.7 cm³/mol. The first kappa shape index (κ1) is 11.5. The number of fused-ring (bicyclic) bond motifs is 1. The molecular formula is C16H13N3. The van der Waals surface area contributed by atoms with Gasteiger partial charge in [-0.3, -0.25) is 0 Å². The van der Waals surface area contributed by atoms with Crippen molar-refractivity contribution in [2.75, 3.05) is 0 Å². The molecule has 0 fully saturated rings. The maximum absolute atomic E-state index is 8.90. The van der Waals surface area contributed by atoms with E-state index in [0.717, 1.165) is 12.1 Å². The monoisotopic (exact) mass is 247 g/mol. The Bertz CT molecular complexity index is 778. The van der Waals surface area contributed by atoms with E-state index in [-0.39, 0.29) is 0 Å². The molecule has 0 aliphatic carbocycles. The van der Waals surface area contributed by atoms with Crippen molar-refractivity contribution in [2.24, 2.45) is 0 Å². The Morgan fingerprint density at radius 1 is 1.21 bits per heavy atom. The lowest BCUT2D eigenvalue weighted by Gasteiger charge is -2.08. The summed E-state index contributed by atoms with van der Waals surface area (Å²) in [6.45, 7) is 2.86. The van der Waals surface area contributed by atoms with Crippen LogP contribution in [0.3, 0.4) is 0 Å². The number of para-hydroxylation sites is 1. The molecule has 19 heavy (non-hydrogen) atoms. The van der Waals surface area contributed by atoms with Crippen LogP contribution in [0.2, 0.25) is 0 Å². The molecule has 0 amide bonds. The largest absolute Gasteiger partial charge is 0.340 e. The Hall–Kier alpha value is -2.60. The molecule has 0 aliphatic rings. The molecule has 0 radical (unpaired) electrons. The van der Waals surface area contributed by atoms with E-state index in [1.54, 1.807) is 6.20 Å². The number of hydrogen-bond donors (Lipinski definition) is 0. The summed E-state index contributed by atoms with van der Waals surface area (Å²) in [6, 6.07) is 16.4. The maximum atomic E-state index is 8.90. The highest BCUT2D eigenvalue weighted by molar-refractivity contribution is 5.81. The fraction of sp³-hybridized carbons (Fsp3) is 0.125. The average molecular weight is 247 g/mol. The molecule has 0 spiro atoms. The molecule has 0 aliphatic heterocycles. The molecule has 0 saturated heterocycles. The van der Waals surface area contributed by atoms with Crippen molar-refractivity contribution in [1.82, 2.24) is 9.55 Å². The summed E-state index contributed by atoms with van der Waals surface area (Å²) in [5.74, 6) is 0. The van der Waals surface area contributed by atoms with E-state index in [4.69, 9.17) is 5.26 Å². The summed E-state index contributed by atoms with van der Waals surface area (Å²) >= 11 is 0. The summed E-state index contributed by atoms with van der Waals surface area (Å²) < 4.78 is 2.26. The van der Waals surface area contributed by atoms with Gasteiger partial charge < -0.3 is 4.57 Å². The number of pyridine rings is 1. The minimum Gasteiger partial charge on any atom is -0.340 e. The van der Waals surface area contributed by atoms with Gasteiger partial charge in [0.1, 0.15) is 11.8 Å². The van der Waals surface area contributed by atoms with Crippen LogP contribution in [0.15, 0.2) is 48.7 Å². The second-order valence-corrected chi connectivity index (χ2v) is 4.59. The van der Waals surface area contributed by atoms with E-state index >= 15 is 0 Å². The number of benzene rings is 1. The van der Waals surface area contributed by atoms with Crippen LogP contribution in [0.25, 0.3) is 10.9 Å². The Labute approximate surface area is 111 Å². The molecule has 0 atom stereocenters. The molecule has 0 bridgehead atoms. The minimum absolute atomic E-state index is 0.464. The Kier molecular flexibility index (Phi) is 2.77. The molecule has 3 heteroatoms. The van der Waals surface area contributed by atoms with E-state index in [1.807, 2.05) is 24.3 Å². The first-order chi connectivity index (χ1) is 9.28. The van der Waals surface area contributed by atoms with Gasteiger partial charge in [-0.1, -0.05) is 18.2 Å². The number of rotatable bonds is 2. The van der Waals surface area contributed by atoms with Gasteiger partial charge in [0.25, 0.3) is 0 Å². The SMILES string of the molecule is Cc1cc2ccccc2n1Cc1ccnc(C#N)c1. The number of nitrogens with zero attached hydrogens (tertiary/aromatic N) is 3. The fourth-order valence-electron chi connectivity index (χ4n) is 2.37. The quantitative estimate of drug-likeness (QED) is 0.697. The van der Waals surface area contributed by atoms with Gasteiger partial charge in [0, 0.05) is 24.0 Å². The summed E-state index contributed by atoms with van der Waals surface area (Å²) in [7, 11) is 0. The van der Waals surface area contributed by atoms with Crippen LogP contribution >= 0.6 is 0 Å². The molecule has 0 unspecified atom stereocenters. The van der Waals surface area contributed by atoms with E-state index in [2.05, 4.69) is 40.7 Å². The smallest absolute Gasteiger partial charge is 0.140 e. The highest BCUT2D eigenvalue weighted by Gasteiger charge is 2.06. The molecule has 3 rings (SSSR count). The van der Waals surface area contributed by atoms with Gasteiger partial charge >= 0.3 is 0 Å². The lowest BCUT2D eigenvalue weighted by Crippen LogP contribution is -2.02. The first-order valence-electron chi connectivity index (χ1n) is 6.18. The average Bonchev–Trinajstić information content (AvgIpc) is 2.76. The summed E-state index contributed by atoms with van der Waals surface area (Å²) in [5.41, 5.74) is 3.99. The molecule has 1 aromatic carbocycles. The van der Waals surface area contributed by atoms with Gasteiger partial charge in [0.05, 0.1) is 0 Å². The van der Waals surface area contributed by atoms with Crippen LogP contribution in [-0.2, 0) is 6.54 Å². The van der Waals surface area contributed by atoms with Crippen LogP contribution in [0.1, 0.15) is 17.0 Å². The molecule has 2 aromatic heterocycles. The number of aryl methyl sites for hydroxylation is 1. The lowest BCUT2D eigenvalue weighted by molar-refractivity contribution is 0.803. The summed E-state index contributed by atoms with van der Waals surface area (Å²) in [4.78, 5) is 4.00. The number of nitriles is 1. The zero-order valence-electron chi connectivity index (χ0n) is 10.7. The highest BCUT2D eigenvalue weighted by Crippen LogP contribution is 2.20. The van der Waals surface area contributed by atoms with Crippen molar-refractivity contribution in [3.05, 3.63) is 65.6 Å². The van der Waals surface area contributed by atoms with Crippen molar-refractivity contribution in [3.63, 3.8) is 0 Å². The predicted octanol–water partition coefficient (Wildman–Crippen LogP) is 3.26. The Morgan fingerprint density at radius 2 is 2.05 bits per heavy atom. The summed E-state index contributed by atoms with van der Waals surface area (Å²) in [6.07, 6.45) is 1.69. The van der Waals surface area contributed by atoms with E-state index in [9.17, 15) is 0 Å². The van der Waals surface area contributed by atoms with Crippen LogP contribution in [-0.4, -0.2) is 9.55 Å². The first-order valence-corrected chi connectivity index (χ1v) is 6.18. The Morgan fingerprint density at radius 3 is 2.89 bits per heavy atom. The van der Waals surface area contributed by atoms with Crippen LogP contribution in [0.4, 0.5) is 0 Å². The van der Waals surface area contributed by atoms with Gasteiger partial charge in [-0.2, -0.15) is 5.26 Å². The van der Waals surface area contributed by atoms with Gasteiger partial charge in [0.15, 0.2) is 0 Å². The van der Waals surface area contributed by atoms with Crippen molar-refractivity contribution < 1.29 is 0 Å². The standard InChI is InChI=1S/C16H13N3/c1-12-8-14-4-2-3-5-16(14)19(12)11-13-6-7-18-15(9-13)10-17/h2-9H,11H2,1H3. The van der Waals surface area contributed by atoms with Crippen LogP contribution < -0.4 is 0 Å². The van der Waals surface area contributed by atoms with E-state index in [0.29, 0.717) is 5.69 Å². The minimum atomic E-state index is 0.464. The third-order valence-corrected chi connectivity index (χ3v) is 3.30. The molecule has 3 nitrogen and oxygen atoms in total. The topological polar surface area (TPSA) is 41.6 Å². The van der Waals surface area contributed by atoms with Crippen LogP contribution in [0, 0.1) is 18.3 Å². The van der Waals surface area contributed by atoms with Crippen molar-refractivity contribution in [3.8, 4) is 6.07 Å². The zero-order chi connectivity index (χ0) is 13.2. The summed E-state index contributed by atoms with van der Waals surface area (Å²) in [5, 5.41) is 10.1. The maximum Gasteiger partial charge on any atom is 0.140 e. The fourth-order valence-corrected chi connectivity index (χ4v) is 2.37. The second kappa shape index (κ2) is 4.58. The third-order valence-electron chi connectivity index (χ3n) is 3.30. The normalized spacial score (nSPS) is 10.5. The number of aromatic nitrogens is 2. The van der Waals surface area contributed by atoms with Crippen molar-refractivity contribution in [2.45, 2.75) is 13.5 Å². The third kappa shape index (κ3) is 2.09. The van der Waals surface area contributed by atoms with Gasteiger partial charge in [0.2, 0.25) is 0 Å². The molecule has 0 saturated carbocycles. The lowest BCUT2D eigenvalue weighted by atomic mass is 10.2. The van der Waals surface area contributed by atoms with Gasteiger partial charge in [-0.15, -0.1) is 0 Å². The number of hydrogen-bond acceptors (Lipinski definition) is 2. The second-order valence-electron chi connectivity index (χ2n) is 4.59. The van der Waals surface area contributed by atoms with Crippen LogP contribution in [0.5, 0.6) is 0 Å². The molecule has 92 valence electrons. The van der Waals surface area contributed by atoms with Crippen molar-refractivity contribution in [1.29, 1.82) is 5.26 Å². The van der Waals surface area contributed by atoms with Gasteiger partial charge in [-0.25, -0.2) is 4.98 Å². The molecular weight excluding hydrogens is 234 g/mol. The van der Waals surface area contributed by atoms with E-state index in [1.165, 1.54) is 16.6 Å². The highest BCUT2D eigenvalue weighted by atomic mass is 15.0. The van der Waals surface area contributed by atoms with Gasteiger partial charge in [-0.05, 0) is 42.1 Å². The molecule has 2 heterocycles.